The molecule has 16 heavy (non-hydrogen) atoms. The Balaban J connectivity index is 1.95. The van der Waals surface area contributed by atoms with E-state index in [1.807, 2.05) is 25.1 Å². The molecule has 2 rings (SSSR count). The molecule has 0 aromatic carbocycles. The van der Waals surface area contributed by atoms with E-state index in [1.165, 1.54) is 23.3 Å². The summed E-state index contributed by atoms with van der Waals surface area (Å²) in [6.45, 7) is 2.06. The van der Waals surface area contributed by atoms with Crippen LogP contribution in [-0.4, -0.2) is 20.6 Å². The van der Waals surface area contributed by atoms with Gasteiger partial charge in [-0.2, -0.15) is 0 Å². The van der Waals surface area contributed by atoms with Gasteiger partial charge >= 0.3 is 6.09 Å². The third-order valence-corrected chi connectivity index (χ3v) is 2.00. The maximum atomic E-state index is 11.4. The van der Waals surface area contributed by atoms with E-state index >= 15 is 0 Å². The van der Waals surface area contributed by atoms with Crippen molar-refractivity contribution in [3.63, 3.8) is 0 Å². The fourth-order valence-electron chi connectivity index (χ4n) is 1.26. The predicted molar refractivity (Wildman–Crippen MR) is 56.8 cm³/mol. The second-order valence-corrected chi connectivity index (χ2v) is 3.29. The van der Waals surface area contributed by atoms with E-state index in [0.29, 0.717) is 0 Å². The molecule has 0 radical (unpaired) electrons. The van der Waals surface area contributed by atoms with Gasteiger partial charge < -0.3 is 4.74 Å². The van der Waals surface area contributed by atoms with Gasteiger partial charge in [-0.3, -0.25) is 4.98 Å². The zero-order chi connectivity index (χ0) is 11.4. The molecule has 5 nitrogen and oxygen atoms in total. The maximum absolute atomic E-state index is 11.4. The van der Waals surface area contributed by atoms with Crippen LogP contribution in [0.25, 0.3) is 0 Å². The molecule has 82 valence electrons. The van der Waals surface area contributed by atoms with Crippen molar-refractivity contribution in [2.75, 3.05) is 0 Å². The number of aryl methyl sites for hydroxylation is 1. The molecule has 2 aromatic heterocycles. The topological polar surface area (TPSA) is 57.0 Å². The van der Waals surface area contributed by atoms with E-state index in [0.717, 1.165) is 11.4 Å². The monoisotopic (exact) mass is 217 g/mol. The van der Waals surface area contributed by atoms with Crippen molar-refractivity contribution in [1.82, 2.24) is 14.5 Å². The zero-order valence-electron chi connectivity index (χ0n) is 8.83. The van der Waals surface area contributed by atoms with Crippen LogP contribution < -0.4 is 0 Å². The summed E-state index contributed by atoms with van der Waals surface area (Å²) in [7, 11) is 0. The van der Waals surface area contributed by atoms with Crippen LogP contribution in [0.5, 0.6) is 0 Å². The van der Waals surface area contributed by atoms with Crippen molar-refractivity contribution in [3.05, 3.63) is 48.3 Å². The second-order valence-electron chi connectivity index (χ2n) is 3.29. The highest BCUT2D eigenvalue weighted by Crippen LogP contribution is 2.01. The second kappa shape index (κ2) is 4.57. The summed E-state index contributed by atoms with van der Waals surface area (Å²) >= 11 is 0. The van der Waals surface area contributed by atoms with Crippen molar-refractivity contribution in [3.8, 4) is 0 Å². The molecule has 0 fully saturated rings. The summed E-state index contributed by atoms with van der Waals surface area (Å²) in [6.07, 6.45) is 3.99. The zero-order valence-corrected chi connectivity index (χ0v) is 8.83. The van der Waals surface area contributed by atoms with E-state index in [9.17, 15) is 4.79 Å². The number of pyridine rings is 1. The Morgan fingerprint density at radius 1 is 1.50 bits per heavy atom. The first kappa shape index (κ1) is 10.4. The third-order valence-electron chi connectivity index (χ3n) is 2.00. The van der Waals surface area contributed by atoms with Crippen LogP contribution in [0.15, 0.2) is 36.9 Å². The molecule has 0 amide bonds. The van der Waals surface area contributed by atoms with E-state index < -0.39 is 6.09 Å². The first-order chi connectivity index (χ1) is 7.75. The van der Waals surface area contributed by atoms with E-state index in [-0.39, 0.29) is 6.61 Å². The minimum absolute atomic E-state index is 0.165. The van der Waals surface area contributed by atoms with Crippen molar-refractivity contribution in [2.45, 2.75) is 13.5 Å². The standard InChI is InChI=1S/C11H11N3O2/c1-9-3-2-4-10(13-9)7-16-11(15)14-6-5-12-8-14/h2-6,8H,7H2,1H3. The molecular formula is C11H11N3O2. The highest BCUT2D eigenvalue weighted by atomic mass is 16.5. The largest absolute Gasteiger partial charge is 0.442 e. The van der Waals surface area contributed by atoms with Crippen molar-refractivity contribution < 1.29 is 9.53 Å². The van der Waals surface area contributed by atoms with Crippen LogP contribution in [0.4, 0.5) is 4.79 Å². The van der Waals surface area contributed by atoms with Gasteiger partial charge in [0, 0.05) is 18.1 Å². The number of rotatable bonds is 2. The molecule has 5 heteroatoms. The lowest BCUT2D eigenvalue weighted by Gasteiger charge is -2.04. The molecule has 0 bridgehead atoms. The Labute approximate surface area is 92.7 Å². The van der Waals surface area contributed by atoms with Crippen molar-refractivity contribution >= 4 is 6.09 Å². The number of ether oxygens (including phenoxy) is 1. The SMILES string of the molecule is Cc1cccc(COC(=O)n2ccnc2)n1. The number of nitrogens with zero attached hydrogens (tertiary/aromatic N) is 3. The molecule has 0 saturated carbocycles. The van der Waals surface area contributed by atoms with E-state index in [4.69, 9.17) is 4.74 Å². The summed E-state index contributed by atoms with van der Waals surface area (Å²) in [4.78, 5) is 19.4. The number of carbonyl (C=O) groups excluding carboxylic acids is 1. The highest BCUT2D eigenvalue weighted by Gasteiger charge is 2.05. The molecular weight excluding hydrogens is 206 g/mol. The summed E-state index contributed by atoms with van der Waals surface area (Å²) in [6, 6.07) is 5.58. The lowest BCUT2D eigenvalue weighted by molar-refractivity contribution is 0.140. The Bertz CT molecular complexity index is 480. The van der Waals surface area contributed by atoms with Gasteiger partial charge in [0.1, 0.15) is 12.9 Å². The Morgan fingerprint density at radius 3 is 3.06 bits per heavy atom. The van der Waals surface area contributed by atoms with Crippen molar-refractivity contribution in [2.24, 2.45) is 0 Å². The molecule has 0 saturated heterocycles. The lowest BCUT2D eigenvalue weighted by atomic mass is 10.3. The van der Waals surface area contributed by atoms with Gasteiger partial charge in [-0.15, -0.1) is 0 Å². The van der Waals surface area contributed by atoms with Gasteiger partial charge in [0.2, 0.25) is 0 Å². The summed E-state index contributed by atoms with van der Waals surface area (Å²) < 4.78 is 6.32. The Kier molecular flexibility index (Phi) is 2.95. The van der Waals surface area contributed by atoms with Gasteiger partial charge in [0.25, 0.3) is 0 Å². The van der Waals surface area contributed by atoms with Gasteiger partial charge in [-0.25, -0.2) is 14.3 Å². The van der Waals surface area contributed by atoms with Gasteiger partial charge in [-0.05, 0) is 19.1 Å². The third kappa shape index (κ3) is 2.44. The smallest absolute Gasteiger partial charge is 0.419 e. The molecule has 0 unspecified atom stereocenters. The number of aromatic nitrogens is 3. The molecule has 0 N–H and O–H groups in total. The lowest BCUT2D eigenvalue weighted by Crippen LogP contribution is -2.12. The molecule has 0 aliphatic rings. The molecule has 0 aliphatic carbocycles. The van der Waals surface area contributed by atoms with Gasteiger partial charge in [-0.1, -0.05) is 6.07 Å². The van der Waals surface area contributed by atoms with E-state index in [2.05, 4.69) is 9.97 Å². The minimum atomic E-state index is -0.458. The normalized spacial score (nSPS) is 10.1. The Hall–Kier alpha value is -2.17. The summed E-state index contributed by atoms with van der Waals surface area (Å²) in [5.41, 5.74) is 1.63. The highest BCUT2D eigenvalue weighted by molar-refractivity contribution is 5.69. The molecule has 0 atom stereocenters. The van der Waals surface area contributed by atoms with Crippen LogP contribution >= 0.6 is 0 Å². The van der Waals surface area contributed by atoms with Crippen LogP contribution in [-0.2, 0) is 11.3 Å². The van der Waals surface area contributed by atoms with Gasteiger partial charge in [0.15, 0.2) is 0 Å². The number of carbonyl (C=O) groups is 1. The Morgan fingerprint density at radius 2 is 2.38 bits per heavy atom. The maximum Gasteiger partial charge on any atom is 0.419 e. The van der Waals surface area contributed by atoms with Crippen molar-refractivity contribution in [1.29, 1.82) is 0 Å². The van der Waals surface area contributed by atoms with Crippen LogP contribution in [0.3, 0.4) is 0 Å². The average Bonchev–Trinajstić information content (AvgIpc) is 2.79. The number of hydrogen-bond donors (Lipinski definition) is 0. The predicted octanol–water partition coefficient (Wildman–Crippen LogP) is 1.77. The molecule has 2 aromatic rings. The summed E-state index contributed by atoms with van der Waals surface area (Å²) in [5.74, 6) is 0. The fourth-order valence-corrected chi connectivity index (χ4v) is 1.26. The number of imidazole rings is 1. The number of hydrogen-bond acceptors (Lipinski definition) is 4. The average molecular weight is 217 g/mol. The first-order valence-electron chi connectivity index (χ1n) is 4.83. The molecule has 2 heterocycles. The molecule has 0 spiro atoms. The first-order valence-corrected chi connectivity index (χ1v) is 4.83. The quantitative estimate of drug-likeness (QED) is 0.769. The fraction of sp³-hybridized carbons (Fsp3) is 0.182. The minimum Gasteiger partial charge on any atom is -0.442 e. The molecule has 0 aliphatic heterocycles. The summed E-state index contributed by atoms with van der Waals surface area (Å²) in [5, 5.41) is 0. The van der Waals surface area contributed by atoms with Crippen LogP contribution in [0.2, 0.25) is 0 Å². The van der Waals surface area contributed by atoms with Gasteiger partial charge in [0.05, 0.1) is 5.69 Å². The van der Waals surface area contributed by atoms with E-state index in [1.54, 1.807) is 0 Å². The van der Waals surface area contributed by atoms with Crippen LogP contribution in [0.1, 0.15) is 11.4 Å². The van der Waals surface area contributed by atoms with Crippen LogP contribution in [0, 0.1) is 6.92 Å².